The number of nitrogens with zero attached hydrogens (tertiary/aromatic N) is 2. The predicted octanol–water partition coefficient (Wildman–Crippen LogP) is 1.58. The maximum Gasteiger partial charge on any atom is 0.227 e. The Morgan fingerprint density at radius 2 is 1.80 bits per heavy atom. The van der Waals surface area contributed by atoms with Crippen LogP contribution < -0.4 is 10.5 Å². The lowest BCUT2D eigenvalue weighted by Gasteiger charge is -2.38. The SMILES string of the molecule is NC1C2CCC(C2)C1C(=O)N1CCN(CCOc2ccccc2)CC1. The van der Waals surface area contributed by atoms with E-state index in [9.17, 15) is 4.79 Å². The van der Waals surface area contributed by atoms with Crippen molar-refractivity contribution in [3.63, 3.8) is 0 Å². The van der Waals surface area contributed by atoms with Crippen LogP contribution in [-0.2, 0) is 4.79 Å². The Morgan fingerprint density at radius 3 is 2.48 bits per heavy atom. The fraction of sp³-hybridized carbons (Fsp3) is 0.650. The van der Waals surface area contributed by atoms with E-state index in [-0.39, 0.29) is 12.0 Å². The lowest BCUT2D eigenvalue weighted by atomic mass is 9.84. The Bertz CT molecular complexity index is 584. The summed E-state index contributed by atoms with van der Waals surface area (Å²) in [5, 5.41) is 0. The number of piperazine rings is 1. The molecule has 4 rings (SSSR count). The molecule has 3 fully saturated rings. The van der Waals surface area contributed by atoms with Crippen molar-refractivity contribution in [2.75, 3.05) is 39.3 Å². The molecule has 0 spiro atoms. The van der Waals surface area contributed by atoms with E-state index in [1.165, 1.54) is 19.3 Å². The number of amides is 1. The Labute approximate surface area is 150 Å². The third kappa shape index (κ3) is 3.53. The van der Waals surface area contributed by atoms with Gasteiger partial charge in [0.15, 0.2) is 0 Å². The van der Waals surface area contributed by atoms with Crippen molar-refractivity contribution in [3.05, 3.63) is 30.3 Å². The van der Waals surface area contributed by atoms with E-state index in [2.05, 4.69) is 9.80 Å². The molecule has 3 aliphatic rings. The highest BCUT2D eigenvalue weighted by atomic mass is 16.5. The fourth-order valence-corrected chi connectivity index (χ4v) is 4.91. The molecule has 25 heavy (non-hydrogen) atoms. The Kier molecular flexibility index (Phi) is 4.95. The smallest absolute Gasteiger partial charge is 0.227 e. The van der Waals surface area contributed by atoms with Crippen molar-refractivity contribution in [1.29, 1.82) is 0 Å². The fourth-order valence-electron chi connectivity index (χ4n) is 4.91. The first-order valence-electron chi connectivity index (χ1n) is 9.67. The van der Waals surface area contributed by atoms with Gasteiger partial charge in [0, 0.05) is 38.8 Å². The molecule has 2 bridgehead atoms. The van der Waals surface area contributed by atoms with Crippen LogP contribution in [0.5, 0.6) is 5.75 Å². The zero-order valence-electron chi connectivity index (χ0n) is 14.8. The summed E-state index contributed by atoms with van der Waals surface area (Å²) in [5.41, 5.74) is 6.35. The van der Waals surface area contributed by atoms with Gasteiger partial charge < -0.3 is 15.4 Å². The molecular formula is C20H29N3O2. The summed E-state index contributed by atoms with van der Waals surface area (Å²) < 4.78 is 5.77. The van der Waals surface area contributed by atoms with Gasteiger partial charge in [0.25, 0.3) is 0 Å². The van der Waals surface area contributed by atoms with Gasteiger partial charge in [-0.1, -0.05) is 18.2 Å². The summed E-state index contributed by atoms with van der Waals surface area (Å²) in [7, 11) is 0. The van der Waals surface area contributed by atoms with Crippen LogP contribution in [0.2, 0.25) is 0 Å². The van der Waals surface area contributed by atoms with Crippen molar-refractivity contribution >= 4 is 5.91 Å². The summed E-state index contributed by atoms with van der Waals surface area (Å²) in [4.78, 5) is 17.3. The first-order valence-corrected chi connectivity index (χ1v) is 9.67. The van der Waals surface area contributed by atoms with Crippen molar-refractivity contribution < 1.29 is 9.53 Å². The monoisotopic (exact) mass is 343 g/mol. The summed E-state index contributed by atoms with van der Waals surface area (Å²) in [5.74, 6) is 2.47. The normalized spacial score (nSPS) is 32.1. The molecular weight excluding hydrogens is 314 g/mol. The molecule has 1 aliphatic heterocycles. The van der Waals surface area contributed by atoms with Crippen molar-refractivity contribution in [3.8, 4) is 5.75 Å². The van der Waals surface area contributed by atoms with E-state index in [1.807, 2.05) is 30.3 Å². The maximum atomic E-state index is 12.9. The van der Waals surface area contributed by atoms with Crippen LogP contribution in [-0.4, -0.2) is 61.1 Å². The molecule has 1 aromatic carbocycles. The average molecular weight is 343 g/mol. The number of carbonyl (C=O) groups excluding carboxylic acids is 1. The molecule has 5 nitrogen and oxygen atoms in total. The molecule has 0 aromatic heterocycles. The second-order valence-electron chi connectivity index (χ2n) is 7.76. The van der Waals surface area contributed by atoms with Gasteiger partial charge in [0.1, 0.15) is 12.4 Å². The van der Waals surface area contributed by atoms with Crippen LogP contribution in [0.4, 0.5) is 0 Å². The number of para-hydroxylation sites is 1. The number of ether oxygens (including phenoxy) is 1. The first kappa shape index (κ1) is 16.9. The molecule has 4 unspecified atom stereocenters. The van der Waals surface area contributed by atoms with Gasteiger partial charge in [-0.15, -0.1) is 0 Å². The van der Waals surface area contributed by atoms with Gasteiger partial charge in [-0.25, -0.2) is 0 Å². The molecule has 2 N–H and O–H groups in total. The van der Waals surface area contributed by atoms with E-state index >= 15 is 0 Å². The summed E-state index contributed by atoms with van der Waals surface area (Å²) >= 11 is 0. The minimum Gasteiger partial charge on any atom is -0.492 e. The average Bonchev–Trinajstić information content (AvgIpc) is 3.24. The molecule has 1 aromatic rings. The molecule has 0 radical (unpaired) electrons. The number of nitrogens with two attached hydrogens (primary N) is 1. The topological polar surface area (TPSA) is 58.8 Å². The van der Waals surface area contributed by atoms with E-state index < -0.39 is 0 Å². The number of hydrogen-bond donors (Lipinski definition) is 1. The van der Waals surface area contributed by atoms with Gasteiger partial charge in [-0.05, 0) is 43.2 Å². The number of rotatable bonds is 5. The lowest BCUT2D eigenvalue weighted by molar-refractivity contribution is -0.139. The maximum absolute atomic E-state index is 12.9. The summed E-state index contributed by atoms with van der Waals surface area (Å²) in [6, 6.07) is 10.0. The minimum atomic E-state index is 0.0895. The lowest BCUT2D eigenvalue weighted by Crippen LogP contribution is -2.54. The second kappa shape index (κ2) is 7.34. The Balaban J connectivity index is 1.21. The van der Waals surface area contributed by atoms with Crippen LogP contribution >= 0.6 is 0 Å². The highest BCUT2D eigenvalue weighted by Gasteiger charge is 2.50. The van der Waals surface area contributed by atoms with E-state index in [4.69, 9.17) is 10.5 Å². The standard InChI is InChI=1S/C20H29N3O2/c21-19-16-7-6-15(14-16)18(19)20(24)23-10-8-22(9-11-23)12-13-25-17-4-2-1-3-5-17/h1-5,15-16,18-19H,6-14,21H2. The molecule has 2 aliphatic carbocycles. The van der Waals surface area contributed by atoms with Gasteiger partial charge in [0.2, 0.25) is 5.91 Å². The van der Waals surface area contributed by atoms with Gasteiger partial charge in [0.05, 0.1) is 5.92 Å². The third-order valence-electron chi connectivity index (χ3n) is 6.37. The number of carbonyl (C=O) groups is 1. The van der Waals surface area contributed by atoms with E-state index in [0.29, 0.717) is 24.3 Å². The zero-order valence-corrected chi connectivity index (χ0v) is 14.8. The number of hydrogen-bond acceptors (Lipinski definition) is 4. The Hall–Kier alpha value is -1.59. The van der Waals surface area contributed by atoms with Crippen LogP contribution in [0.15, 0.2) is 30.3 Å². The highest BCUT2D eigenvalue weighted by molar-refractivity contribution is 5.80. The molecule has 1 heterocycles. The number of benzene rings is 1. The highest BCUT2D eigenvalue weighted by Crippen LogP contribution is 2.48. The van der Waals surface area contributed by atoms with E-state index in [1.54, 1.807) is 0 Å². The summed E-state index contributed by atoms with van der Waals surface area (Å²) in [6.45, 7) is 5.11. The largest absolute Gasteiger partial charge is 0.492 e. The summed E-state index contributed by atoms with van der Waals surface area (Å²) in [6.07, 6.45) is 3.60. The first-order chi connectivity index (χ1) is 12.2. The van der Waals surface area contributed by atoms with Crippen LogP contribution in [0.1, 0.15) is 19.3 Å². The molecule has 1 amide bonds. The molecule has 1 saturated heterocycles. The van der Waals surface area contributed by atoms with Crippen molar-refractivity contribution in [2.45, 2.75) is 25.3 Å². The Morgan fingerprint density at radius 1 is 1.08 bits per heavy atom. The van der Waals surface area contributed by atoms with Gasteiger partial charge in [-0.3, -0.25) is 9.69 Å². The minimum absolute atomic E-state index is 0.0895. The van der Waals surface area contributed by atoms with Crippen molar-refractivity contribution in [1.82, 2.24) is 9.80 Å². The van der Waals surface area contributed by atoms with Crippen LogP contribution in [0, 0.1) is 17.8 Å². The molecule has 4 atom stereocenters. The molecule has 5 heteroatoms. The zero-order chi connectivity index (χ0) is 17.2. The quantitative estimate of drug-likeness (QED) is 0.882. The molecule has 136 valence electrons. The second-order valence-corrected chi connectivity index (χ2v) is 7.76. The van der Waals surface area contributed by atoms with E-state index in [0.717, 1.165) is 38.5 Å². The predicted molar refractivity (Wildman–Crippen MR) is 97.3 cm³/mol. The third-order valence-corrected chi connectivity index (χ3v) is 6.37. The van der Waals surface area contributed by atoms with Crippen LogP contribution in [0.25, 0.3) is 0 Å². The number of fused-ring (bicyclic) bond motifs is 2. The molecule has 2 saturated carbocycles. The van der Waals surface area contributed by atoms with Crippen LogP contribution in [0.3, 0.4) is 0 Å². The van der Waals surface area contributed by atoms with Gasteiger partial charge >= 0.3 is 0 Å². The van der Waals surface area contributed by atoms with Crippen molar-refractivity contribution in [2.24, 2.45) is 23.5 Å². The van der Waals surface area contributed by atoms with Gasteiger partial charge in [-0.2, -0.15) is 0 Å².